The third-order valence-corrected chi connectivity index (χ3v) is 3.42. The van der Waals surface area contributed by atoms with Gasteiger partial charge in [-0.05, 0) is 30.7 Å². The maximum atomic E-state index is 11.7. The van der Waals surface area contributed by atoms with Gasteiger partial charge in [-0.1, -0.05) is 0 Å². The average molecular weight is 246 g/mol. The summed E-state index contributed by atoms with van der Waals surface area (Å²) in [5, 5.41) is 0. The van der Waals surface area contributed by atoms with Gasteiger partial charge in [0.1, 0.15) is 12.4 Å². The van der Waals surface area contributed by atoms with Crippen LogP contribution in [0.5, 0.6) is 5.75 Å². The van der Waals surface area contributed by atoms with Gasteiger partial charge < -0.3 is 10.5 Å². The predicted octanol–water partition coefficient (Wildman–Crippen LogP) is 0.652. The van der Waals surface area contributed by atoms with Crippen molar-refractivity contribution < 1.29 is 14.3 Å². The highest BCUT2D eigenvalue weighted by molar-refractivity contribution is 6.08. The minimum Gasteiger partial charge on any atom is -0.492 e. The molecule has 5 heteroatoms. The maximum Gasteiger partial charge on any atom is 0.233 e. The topological polar surface area (TPSA) is 72.6 Å². The summed E-state index contributed by atoms with van der Waals surface area (Å²) < 4.78 is 5.47. The SMILES string of the molecule is Nc1ccc(OCCN2C(=O)C3CC3C2=O)cc1. The number of hydrogen-bond acceptors (Lipinski definition) is 4. The second-order valence-corrected chi connectivity index (χ2v) is 4.69. The van der Waals surface area contributed by atoms with Gasteiger partial charge in [-0.25, -0.2) is 0 Å². The molecule has 1 heterocycles. The number of likely N-dealkylation sites (tertiary alicyclic amines) is 1. The van der Waals surface area contributed by atoms with E-state index in [2.05, 4.69) is 0 Å². The van der Waals surface area contributed by atoms with Gasteiger partial charge in [-0.15, -0.1) is 0 Å². The van der Waals surface area contributed by atoms with Gasteiger partial charge in [-0.3, -0.25) is 14.5 Å². The van der Waals surface area contributed by atoms with Crippen LogP contribution in [0.25, 0.3) is 0 Å². The largest absolute Gasteiger partial charge is 0.492 e. The van der Waals surface area contributed by atoms with Crippen molar-refractivity contribution in [3.05, 3.63) is 24.3 Å². The molecule has 1 aliphatic heterocycles. The first-order valence-corrected chi connectivity index (χ1v) is 6.00. The van der Waals surface area contributed by atoms with Crippen molar-refractivity contribution in [3.8, 4) is 5.75 Å². The summed E-state index contributed by atoms with van der Waals surface area (Å²) in [7, 11) is 0. The molecular weight excluding hydrogens is 232 g/mol. The zero-order valence-electron chi connectivity index (χ0n) is 9.83. The van der Waals surface area contributed by atoms with Crippen molar-refractivity contribution in [2.75, 3.05) is 18.9 Å². The quantitative estimate of drug-likeness (QED) is 0.625. The molecule has 1 saturated carbocycles. The molecule has 18 heavy (non-hydrogen) atoms. The van der Waals surface area contributed by atoms with Crippen molar-refractivity contribution in [2.24, 2.45) is 11.8 Å². The van der Waals surface area contributed by atoms with Crippen LogP contribution < -0.4 is 10.5 Å². The average Bonchev–Trinajstić information content (AvgIpc) is 3.11. The minimum absolute atomic E-state index is 0.0333. The molecule has 2 amide bonds. The van der Waals surface area contributed by atoms with Gasteiger partial charge in [0.2, 0.25) is 11.8 Å². The lowest BCUT2D eigenvalue weighted by molar-refractivity contribution is -0.141. The number of piperidine rings is 1. The van der Waals surface area contributed by atoms with Gasteiger partial charge >= 0.3 is 0 Å². The van der Waals surface area contributed by atoms with Crippen LogP contribution in [0, 0.1) is 11.8 Å². The number of benzene rings is 1. The summed E-state index contributed by atoms with van der Waals surface area (Å²) >= 11 is 0. The first-order valence-electron chi connectivity index (χ1n) is 6.00. The molecule has 1 saturated heterocycles. The van der Waals surface area contributed by atoms with Crippen LogP contribution in [0.1, 0.15) is 6.42 Å². The van der Waals surface area contributed by atoms with Gasteiger partial charge in [0.15, 0.2) is 0 Å². The molecule has 1 aliphatic carbocycles. The highest BCUT2D eigenvalue weighted by atomic mass is 16.5. The predicted molar refractivity (Wildman–Crippen MR) is 64.7 cm³/mol. The van der Waals surface area contributed by atoms with Gasteiger partial charge in [0, 0.05) is 5.69 Å². The van der Waals surface area contributed by atoms with Crippen LogP contribution in [0.3, 0.4) is 0 Å². The van der Waals surface area contributed by atoms with Crippen LogP contribution in [-0.2, 0) is 9.59 Å². The molecule has 1 aromatic rings. The van der Waals surface area contributed by atoms with E-state index < -0.39 is 0 Å². The van der Waals surface area contributed by atoms with Crippen LogP contribution in [0.4, 0.5) is 5.69 Å². The highest BCUT2D eigenvalue weighted by Crippen LogP contribution is 2.46. The van der Waals surface area contributed by atoms with Crippen LogP contribution in [0.15, 0.2) is 24.3 Å². The zero-order valence-corrected chi connectivity index (χ0v) is 9.83. The van der Waals surface area contributed by atoms with E-state index in [0.29, 0.717) is 24.6 Å². The Bertz CT molecular complexity index is 477. The Morgan fingerprint density at radius 1 is 1.17 bits per heavy atom. The number of anilines is 1. The van der Waals surface area contributed by atoms with Crippen LogP contribution in [-0.4, -0.2) is 29.9 Å². The molecule has 0 aromatic heterocycles. The lowest BCUT2D eigenvalue weighted by atomic mass is 10.3. The first kappa shape index (κ1) is 11.1. The fourth-order valence-corrected chi connectivity index (χ4v) is 2.29. The van der Waals surface area contributed by atoms with E-state index in [-0.39, 0.29) is 23.7 Å². The van der Waals surface area contributed by atoms with Crippen LogP contribution >= 0.6 is 0 Å². The number of ether oxygens (including phenoxy) is 1. The van der Waals surface area contributed by atoms with Crippen molar-refractivity contribution in [1.82, 2.24) is 4.90 Å². The van der Waals surface area contributed by atoms with Gasteiger partial charge in [-0.2, -0.15) is 0 Å². The Kier molecular flexibility index (Phi) is 2.47. The zero-order chi connectivity index (χ0) is 12.7. The monoisotopic (exact) mass is 246 g/mol. The Morgan fingerprint density at radius 3 is 2.39 bits per heavy atom. The summed E-state index contributed by atoms with van der Waals surface area (Å²) in [6.07, 6.45) is 0.743. The Hall–Kier alpha value is -2.04. The van der Waals surface area contributed by atoms with Crippen molar-refractivity contribution in [2.45, 2.75) is 6.42 Å². The Balaban J connectivity index is 1.52. The fourth-order valence-electron chi connectivity index (χ4n) is 2.29. The molecule has 0 spiro atoms. The van der Waals surface area contributed by atoms with E-state index in [1.165, 1.54) is 4.90 Å². The Morgan fingerprint density at radius 2 is 1.78 bits per heavy atom. The number of carbonyl (C=O) groups excluding carboxylic acids is 2. The second-order valence-electron chi connectivity index (χ2n) is 4.69. The van der Waals surface area contributed by atoms with Crippen molar-refractivity contribution >= 4 is 17.5 Å². The number of fused-ring (bicyclic) bond motifs is 1. The number of imide groups is 1. The van der Waals surface area contributed by atoms with E-state index in [4.69, 9.17) is 10.5 Å². The molecule has 0 radical (unpaired) electrons. The number of carbonyl (C=O) groups is 2. The molecule has 5 nitrogen and oxygen atoms in total. The minimum atomic E-state index is -0.0362. The van der Waals surface area contributed by atoms with Crippen LogP contribution in [0.2, 0.25) is 0 Å². The lowest BCUT2D eigenvalue weighted by Gasteiger charge is -2.16. The molecular formula is C13H14N2O3. The van der Waals surface area contributed by atoms with Crippen molar-refractivity contribution in [3.63, 3.8) is 0 Å². The number of hydrogen-bond donors (Lipinski definition) is 1. The number of nitrogen functional groups attached to an aromatic ring is 1. The smallest absolute Gasteiger partial charge is 0.233 e. The summed E-state index contributed by atoms with van der Waals surface area (Å²) in [6, 6.07) is 7.02. The third kappa shape index (κ3) is 1.81. The standard InChI is InChI=1S/C13H14N2O3/c14-8-1-3-9(4-2-8)18-6-5-15-12(16)10-7-11(10)13(15)17/h1-4,10-11H,5-7,14H2. The van der Waals surface area contributed by atoms with Crippen molar-refractivity contribution in [1.29, 1.82) is 0 Å². The van der Waals surface area contributed by atoms with Gasteiger partial charge in [0.25, 0.3) is 0 Å². The molecule has 3 rings (SSSR count). The second kappa shape index (κ2) is 4.01. The molecule has 2 unspecified atom stereocenters. The molecule has 1 aromatic carbocycles. The van der Waals surface area contributed by atoms with E-state index in [0.717, 1.165) is 6.42 Å². The van der Waals surface area contributed by atoms with E-state index in [1.807, 2.05) is 0 Å². The molecule has 2 atom stereocenters. The van der Waals surface area contributed by atoms with Gasteiger partial charge in [0.05, 0.1) is 18.4 Å². The number of amides is 2. The first-order chi connectivity index (χ1) is 8.66. The normalized spacial score (nSPS) is 25.2. The number of nitrogens with zero attached hydrogens (tertiary/aromatic N) is 1. The maximum absolute atomic E-state index is 11.7. The summed E-state index contributed by atoms with van der Waals surface area (Å²) in [6.45, 7) is 0.649. The summed E-state index contributed by atoms with van der Waals surface area (Å²) in [5.41, 5.74) is 6.23. The molecule has 2 aliphatic rings. The Labute approximate surface area is 105 Å². The number of rotatable bonds is 4. The van der Waals surface area contributed by atoms with E-state index in [9.17, 15) is 9.59 Å². The van der Waals surface area contributed by atoms with E-state index in [1.54, 1.807) is 24.3 Å². The molecule has 2 N–H and O–H groups in total. The lowest BCUT2D eigenvalue weighted by Crippen LogP contribution is -2.36. The molecule has 0 bridgehead atoms. The number of nitrogens with two attached hydrogens (primary N) is 1. The fraction of sp³-hybridized carbons (Fsp3) is 0.385. The molecule has 2 fully saturated rings. The summed E-state index contributed by atoms with van der Waals surface area (Å²) in [4.78, 5) is 24.7. The third-order valence-electron chi connectivity index (χ3n) is 3.42. The molecule has 94 valence electrons. The summed E-state index contributed by atoms with van der Waals surface area (Å²) in [5.74, 6) is 0.549. The van der Waals surface area contributed by atoms with E-state index >= 15 is 0 Å². The highest BCUT2D eigenvalue weighted by Gasteiger charge is 2.58.